The van der Waals surface area contributed by atoms with Crippen LogP contribution in [0.5, 0.6) is 0 Å². The zero-order valence-corrected chi connectivity index (χ0v) is 16.5. The van der Waals surface area contributed by atoms with E-state index < -0.39 is 0 Å². The molecule has 0 radical (unpaired) electrons. The molecule has 6 heteroatoms. The number of likely N-dealkylation sites (N-methyl/N-ethyl adjacent to an activating group) is 1. The summed E-state index contributed by atoms with van der Waals surface area (Å²) < 4.78 is 0. The first-order valence-corrected chi connectivity index (χ1v) is 8.52. The second-order valence-corrected chi connectivity index (χ2v) is 6.65. The van der Waals surface area contributed by atoms with Gasteiger partial charge in [-0.1, -0.05) is 6.92 Å². The molecule has 4 nitrogen and oxygen atoms in total. The lowest BCUT2D eigenvalue weighted by molar-refractivity contribution is 0.237. The van der Waals surface area contributed by atoms with Crippen molar-refractivity contribution >= 4 is 41.7 Å². The van der Waals surface area contributed by atoms with Crippen LogP contribution in [-0.2, 0) is 0 Å². The molecule has 1 aliphatic heterocycles. The van der Waals surface area contributed by atoms with Gasteiger partial charge in [0.05, 0.1) is 0 Å². The standard InChI is InChI=1S/C14H30N4S.HI/c1-5-18(12(2)3)9-8-16-14(15-4)17-11-13-7-6-10-19-13;/h12-13H,5-11H2,1-4H3,(H2,15,16,17);1H. The second kappa shape index (κ2) is 11.9. The number of nitrogens with one attached hydrogen (secondary N) is 2. The van der Waals surface area contributed by atoms with Gasteiger partial charge in [-0.3, -0.25) is 9.89 Å². The summed E-state index contributed by atoms with van der Waals surface area (Å²) in [7, 11) is 1.84. The maximum absolute atomic E-state index is 4.28. The van der Waals surface area contributed by atoms with Crippen LogP contribution in [0.25, 0.3) is 0 Å². The largest absolute Gasteiger partial charge is 0.355 e. The summed E-state index contributed by atoms with van der Waals surface area (Å²) in [5.41, 5.74) is 0. The predicted octanol–water partition coefficient (Wildman–Crippen LogP) is 2.40. The number of rotatable bonds is 7. The summed E-state index contributed by atoms with van der Waals surface area (Å²) in [5.74, 6) is 2.26. The Kier molecular flexibility index (Phi) is 12.1. The molecule has 1 aliphatic rings. The Morgan fingerprint density at radius 1 is 1.40 bits per heavy atom. The van der Waals surface area contributed by atoms with Crippen molar-refractivity contribution in [3.63, 3.8) is 0 Å². The Bertz CT molecular complexity index is 268. The highest BCUT2D eigenvalue weighted by atomic mass is 127. The van der Waals surface area contributed by atoms with Crippen molar-refractivity contribution in [1.29, 1.82) is 0 Å². The number of nitrogens with zero attached hydrogens (tertiary/aromatic N) is 2. The molecule has 0 amide bonds. The molecule has 20 heavy (non-hydrogen) atoms. The molecular weight excluding hydrogens is 383 g/mol. The van der Waals surface area contributed by atoms with E-state index in [1.54, 1.807) is 0 Å². The molecule has 1 atom stereocenters. The van der Waals surface area contributed by atoms with Crippen LogP contribution >= 0.6 is 35.7 Å². The summed E-state index contributed by atoms with van der Waals surface area (Å²) in [5, 5.41) is 7.60. The van der Waals surface area contributed by atoms with Crippen molar-refractivity contribution in [2.75, 3.05) is 39.0 Å². The fraction of sp³-hybridized carbons (Fsp3) is 0.929. The predicted molar refractivity (Wildman–Crippen MR) is 103 cm³/mol. The molecule has 1 saturated heterocycles. The van der Waals surface area contributed by atoms with Crippen molar-refractivity contribution in [3.8, 4) is 0 Å². The van der Waals surface area contributed by atoms with E-state index in [9.17, 15) is 0 Å². The molecule has 2 N–H and O–H groups in total. The van der Waals surface area contributed by atoms with Gasteiger partial charge in [-0.05, 0) is 39.0 Å². The molecule has 1 unspecified atom stereocenters. The Morgan fingerprint density at radius 3 is 2.65 bits per heavy atom. The number of guanidine groups is 1. The monoisotopic (exact) mass is 414 g/mol. The van der Waals surface area contributed by atoms with Crippen LogP contribution in [0, 0.1) is 0 Å². The molecule has 1 rings (SSSR count). The molecular formula is C14H31IN4S. The Morgan fingerprint density at radius 2 is 2.15 bits per heavy atom. The minimum atomic E-state index is 0. The summed E-state index contributed by atoms with van der Waals surface area (Å²) in [6, 6.07) is 0.608. The Labute approximate surface area is 145 Å². The molecule has 120 valence electrons. The quantitative estimate of drug-likeness (QED) is 0.381. The fourth-order valence-electron chi connectivity index (χ4n) is 2.34. The van der Waals surface area contributed by atoms with E-state index in [2.05, 4.69) is 53.1 Å². The van der Waals surface area contributed by atoms with Crippen molar-refractivity contribution in [2.24, 2.45) is 4.99 Å². The Hall–Kier alpha value is 0.310. The first-order chi connectivity index (χ1) is 9.17. The van der Waals surface area contributed by atoms with Crippen LogP contribution in [0.4, 0.5) is 0 Å². The number of aliphatic imine (C=N–C) groups is 1. The Balaban J connectivity index is 0.00000361. The third-order valence-electron chi connectivity index (χ3n) is 3.57. The van der Waals surface area contributed by atoms with E-state index in [1.807, 2.05) is 7.05 Å². The lowest BCUT2D eigenvalue weighted by Crippen LogP contribution is -2.44. The molecule has 0 aromatic rings. The minimum Gasteiger partial charge on any atom is -0.355 e. The SMILES string of the molecule is CCN(CCNC(=NC)NCC1CCCS1)C(C)C.I. The van der Waals surface area contributed by atoms with Crippen LogP contribution in [0.3, 0.4) is 0 Å². The van der Waals surface area contributed by atoms with Crippen molar-refractivity contribution in [2.45, 2.75) is 44.9 Å². The van der Waals surface area contributed by atoms with E-state index in [0.29, 0.717) is 6.04 Å². The number of hydrogen-bond donors (Lipinski definition) is 2. The number of thioether (sulfide) groups is 1. The third-order valence-corrected chi connectivity index (χ3v) is 4.97. The summed E-state index contributed by atoms with van der Waals surface area (Å²) in [6.07, 6.45) is 2.70. The van der Waals surface area contributed by atoms with Gasteiger partial charge in [0.25, 0.3) is 0 Å². The van der Waals surface area contributed by atoms with Gasteiger partial charge >= 0.3 is 0 Å². The first kappa shape index (κ1) is 20.3. The van der Waals surface area contributed by atoms with Crippen molar-refractivity contribution in [3.05, 3.63) is 0 Å². The van der Waals surface area contributed by atoms with Crippen molar-refractivity contribution < 1.29 is 0 Å². The third kappa shape index (κ3) is 7.93. The lowest BCUT2D eigenvalue weighted by Gasteiger charge is -2.25. The van der Waals surface area contributed by atoms with E-state index in [1.165, 1.54) is 18.6 Å². The van der Waals surface area contributed by atoms with E-state index in [-0.39, 0.29) is 24.0 Å². The van der Waals surface area contributed by atoms with Crippen LogP contribution in [0.1, 0.15) is 33.6 Å². The maximum Gasteiger partial charge on any atom is 0.191 e. The smallest absolute Gasteiger partial charge is 0.191 e. The lowest BCUT2D eigenvalue weighted by atomic mass is 10.2. The van der Waals surface area contributed by atoms with Crippen molar-refractivity contribution in [1.82, 2.24) is 15.5 Å². The van der Waals surface area contributed by atoms with E-state index >= 15 is 0 Å². The van der Waals surface area contributed by atoms with Crippen LogP contribution in [0.15, 0.2) is 4.99 Å². The highest BCUT2D eigenvalue weighted by Crippen LogP contribution is 2.25. The van der Waals surface area contributed by atoms with Gasteiger partial charge in [-0.25, -0.2) is 0 Å². The van der Waals surface area contributed by atoms with E-state index in [0.717, 1.165) is 37.4 Å². The fourth-order valence-corrected chi connectivity index (χ4v) is 3.54. The first-order valence-electron chi connectivity index (χ1n) is 7.47. The van der Waals surface area contributed by atoms with Gasteiger partial charge in [0, 0.05) is 38.0 Å². The summed E-state index contributed by atoms with van der Waals surface area (Å²) in [4.78, 5) is 6.73. The zero-order valence-electron chi connectivity index (χ0n) is 13.3. The molecule has 0 aromatic carbocycles. The van der Waals surface area contributed by atoms with Crippen LogP contribution < -0.4 is 10.6 Å². The second-order valence-electron chi connectivity index (χ2n) is 5.24. The molecule has 0 aromatic heterocycles. The van der Waals surface area contributed by atoms with Crippen LogP contribution in [-0.4, -0.2) is 61.1 Å². The summed E-state index contributed by atoms with van der Waals surface area (Å²) >= 11 is 2.08. The van der Waals surface area contributed by atoms with Gasteiger partial charge in [-0.2, -0.15) is 11.8 Å². The normalized spacial score (nSPS) is 19.3. The summed E-state index contributed by atoms with van der Waals surface area (Å²) in [6.45, 7) is 10.8. The highest BCUT2D eigenvalue weighted by Gasteiger charge is 2.15. The maximum atomic E-state index is 4.28. The van der Waals surface area contributed by atoms with Crippen LogP contribution in [0.2, 0.25) is 0 Å². The van der Waals surface area contributed by atoms with Gasteiger partial charge in [-0.15, -0.1) is 24.0 Å². The van der Waals surface area contributed by atoms with Gasteiger partial charge in [0.15, 0.2) is 5.96 Å². The van der Waals surface area contributed by atoms with Gasteiger partial charge in [0.1, 0.15) is 0 Å². The van der Waals surface area contributed by atoms with E-state index in [4.69, 9.17) is 0 Å². The molecule has 0 aliphatic carbocycles. The highest BCUT2D eigenvalue weighted by molar-refractivity contribution is 14.0. The zero-order chi connectivity index (χ0) is 14.1. The van der Waals surface area contributed by atoms with Gasteiger partial charge in [0.2, 0.25) is 0 Å². The number of halogens is 1. The average Bonchev–Trinajstić information content (AvgIpc) is 2.90. The molecule has 0 spiro atoms. The van der Waals surface area contributed by atoms with Gasteiger partial charge < -0.3 is 10.6 Å². The molecule has 1 fully saturated rings. The topological polar surface area (TPSA) is 39.7 Å². The minimum absolute atomic E-state index is 0. The number of hydrogen-bond acceptors (Lipinski definition) is 3. The molecule has 1 heterocycles. The molecule has 0 bridgehead atoms. The average molecular weight is 414 g/mol. The molecule has 0 saturated carbocycles.